The molecule has 0 fully saturated rings. The summed E-state index contributed by atoms with van der Waals surface area (Å²) in [5, 5.41) is 0. The molecular weight excluding hydrogens is 264 g/mol. The van der Waals surface area contributed by atoms with Crippen molar-refractivity contribution >= 4 is 22.2 Å². The second-order valence-electron chi connectivity index (χ2n) is 3.94. The minimum absolute atomic E-state index is 0.444. The molecule has 3 heterocycles. The van der Waals surface area contributed by atoms with E-state index in [-0.39, 0.29) is 0 Å². The fourth-order valence-electron chi connectivity index (χ4n) is 1.86. The number of nitrogens with one attached hydrogen (secondary N) is 1. The molecule has 0 spiro atoms. The van der Waals surface area contributed by atoms with Gasteiger partial charge in [0.05, 0.1) is 11.9 Å². The highest BCUT2D eigenvalue weighted by atomic mass is 32.2. The maximum absolute atomic E-state index is 10.6. The smallest absolute Gasteiger partial charge is 0.222 e. The molecule has 0 bridgehead atoms. The molecule has 7 heteroatoms. The Morgan fingerprint density at radius 2 is 2.05 bits per heavy atom. The molecule has 6 nitrogen and oxygen atoms in total. The molecule has 3 rings (SSSR count). The van der Waals surface area contributed by atoms with E-state index >= 15 is 0 Å². The van der Waals surface area contributed by atoms with E-state index in [1.165, 1.54) is 6.20 Å². The molecule has 0 aliphatic heterocycles. The molecule has 19 heavy (non-hydrogen) atoms. The molecule has 3 aromatic heterocycles. The van der Waals surface area contributed by atoms with Crippen LogP contribution in [0.4, 0.5) is 5.69 Å². The van der Waals surface area contributed by atoms with Gasteiger partial charge in [0.25, 0.3) is 0 Å². The molecule has 0 unspecified atom stereocenters. The summed E-state index contributed by atoms with van der Waals surface area (Å²) in [4.78, 5) is 8.19. The first-order valence-electron chi connectivity index (χ1n) is 5.51. The van der Waals surface area contributed by atoms with E-state index in [0.717, 1.165) is 16.8 Å². The number of hydrogen-bond acceptors (Lipinski definition) is 4. The summed E-state index contributed by atoms with van der Waals surface area (Å²) in [6, 6.07) is 5.54. The van der Waals surface area contributed by atoms with Crippen LogP contribution in [0.25, 0.3) is 16.8 Å². The van der Waals surface area contributed by atoms with Gasteiger partial charge < -0.3 is 4.40 Å². The Hall–Kier alpha value is -2.41. The zero-order valence-corrected chi connectivity index (χ0v) is 10.6. The molecule has 0 radical (unpaired) electrons. The molecule has 96 valence electrons. The first-order valence-corrected chi connectivity index (χ1v) is 6.69. The fourth-order valence-corrected chi connectivity index (χ4v) is 2.19. The summed E-state index contributed by atoms with van der Waals surface area (Å²) in [7, 11) is -2.68. The lowest BCUT2D eigenvalue weighted by molar-refractivity contribution is 0.619. The third-order valence-electron chi connectivity index (χ3n) is 2.68. The van der Waals surface area contributed by atoms with Gasteiger partial charge >= 0.3 is 0 Å². The van der Waals surface area contributed by atoms with E-state index in [1.807, 2.05) is 28.9 Å². The van der Waals surface area contributed by atoms with Crippen LogP contribution in [0.15, 0.2) is 49.2 Å². The third-order valence-corrected chi connectivity index (χ3v) is 3.12. The van der Waals surface area contributed by atoms with Crippen LogP contribution in [0.2, 0.25) is 0 Å². The minimum Gasteiger partial charge on any atom is -0.306 e. The van der Waals surface area contributed by atoms with Crippen LogP contribution in [0, 0.1) is 0 Å². The number of anilines is 1. The van der Waals surface area contributed by atoms with Crippen LogP contribution >= 0.6 is 0 Å². The number of hydrogen-bond donors (Lipinski definition) is 2. The molecule has 0 atom stereocenters. The van der Waals surface area contributed by atoms with Crippen LogP contribution in [-0.2, 0) is 10.9 Å². The summed E-state index contributed by atoms with van der Waals surface area (Å²) >= 11 is 0. The normalized spacial score (nSPS) is 11.0. The van der Waals surface area contributed by atoms with Gasteiger partial charge in [-0.2, -0.15) is 0 Å². The van der Waals surface area contributed by atoms with Crippen LogP contribution in [0.1, 0.15) is 0 Å². The van der Waals surface area contributed by atoms with Crippen molar-refractivity contribution < 1.29 is 8.42 Å². The SMILES string of the molecule is O=[SH](=O)Nc1cncc(-c2ccc3nccn3c2)c1. The van der Waals surface area contributed by atoms with Crippen LogP contribution < -0.4 is 4.72 Å². The van der Waals surface area contributed by atoms with Crippen molar-refractivity contribution in [3.8, 4) is 11.1 Å². The highest BCUT2D eigenvalue weighted by molar-refractivity contribution is 7.73. The predicted octanol–water partition coefficient (Wildman–Crippen LogP) is 1.33. The molecule has 0 aliphatic carbocycles. The Labute approximate surface area is 110 Å². The van der Waals surface area contributed by atoms with Crippen molar-refractivity contribution in [2.24, 2.45) is 0 Å². The summed E-state index contributed by atoms with van der Waals surface area (Å²) in [6.07, 6.45) is 8.63. The van der Waals surface area contributed by atoms with E-state index in [9.17, 15) is 8.42 Å². The van der Waals surface area contributed by atoms with E-state index in [2.05, 4.69) is 14.7 Å². The van der Waals surface area contributed by atoms with Crippen LogP contribution in [-0.4, -0.2) is 22.8 Å². The van der Waals surface area contributed by atoms with Gasteiger partial charge in [-0.15, -0.1) is 0 Å². The molecule has 0 aromatic carbocycles. The van der Waals surface area contributed by atoms with E-state index < -0.39 is 10.9 Å². The molecular formula is C12H10N4O2S. The van der Waals surface area contributed by atoms with Crippen molar-refractivity contribution in [1.29, 1.82) is 0 Å². The van der Waals surface area contributed by atoms with Crippen molar-refractivity contribution in [3.63, 3.8) is 0 Å². The maximum Gasteiger partial charge on any atom is 0.222 e. The number of imidazole rings is 1. The third kappa shape index (κ3) is 2.41. The van der Waals surface area contributed by atoms with Crippen molar-refractivity contribution in [3.05, 3.63) is 49.2 Å². The van der Waals surface area contributed by atoms with Crippen LogP contribution in [0.3, 0.4) is 0 Å². The maximum atomic E-state index is 10.6. The zero-order chi connectivity index (χ0) is 13.2. The predicted molar refractivity (Wildman–Crippen MR) is 72.4 cm³/mol. The molecule has 0 saturated carbocycles. The Kier molecular flexibility index (Phi) is 2.88. The number of nitrogens with zero attached hydrogens (tertiary/aromatic N) is 3. The first-order chi connectivity index (χ1) is 9.22. The van der Waals surface area contributed by atoms with E-state index in [1.54, 1.807) is 18.5 Å². The van der Waals surface area contributed by atoms with Gasteiger partial charge in [-0.1, -0.05) is 0 Å². The van der Waals surface area contributed by atoms with Gasteiger partial charge in [0.1, 0.15) is 5.65 Å². The lowest BCUT2D eigenvalue weighted by atomic mass is 10.1. The minimum atomic E-state index is -2.68. The Morgan fingerprint density at radius 3 is 2.89 bits per heavy atom. The van der Waals surface area contributed by atoms with E-state index in [0.29, 0.717) is 5.69 Å². The van der Waals surface area contributed by atoms with Gasteiger partial charge in [-0.25, -0.2) is 13.4 Å². The molecule has 0 saturated heterocycles. The molecule has 3 aromatic rings. The average Bonchev–Trinajstić information content (AvgIpc) is 2.85. The standard InChI is InChI=1S/C12H10N4O2S/c17-19(18)15-11-5-10(6-13-7-11)9-1-2-12-14-3-4-16(12)8-9/h1-8,19H,(H,15,17,18). The number of thiol groups is 1. The van der Waals surface area contributed by atoms with Crippen LogP contribution in [0.5, 0.6) is 0 Å². The fraction of sp³-hybridized carbons (Fsp3) is 0. The largest absolute Gasteiger partial charge is 0.306 e. The lowest BCUT2D eigenvalue weighted by Crippen LogP contribution is -1.96. The quantitative estimate of drug-likeness (QED) is 0.707. The summed E-state index contributed by atoms with van der Waals surface area (Å²) in [5.74, 6) is 0. The summed E-state index contributed by atoms with van der Waals surface area (Å²) in [6.45, 7) is 0. The second kappa shape index (κ2) is 4.69. The molecule has 0 aliphatic rings. The highest BCUT2D eigenvalue weighted by Gasteiger charge is 2.02. The van der Waals surface area contributed by atoms with Gasteiger partial charge in [-0.05, 0) is 18.2 Å². The number of pyridine rings is 2. The number of aromatic nitrogens is 3. The Morgan fingerprint density at radius 1 is 1.16 bits per heavy atom. The van der Waals surface area contributed by atoms with Gasteiger partial charge in [0, 0.05) is 35.9 Å². The van der Waals surface area contributed by atoms with Crippen molar-refractivity contribution in [1.82, 2.24) is 14.4 Å². The highest BCUT2D eigenvalue weighted by Crippen LogP contribution is 2.21. The van der Waals surface area contributed by atoms with Gasteiger partial charge in [0.15, 0.2) is 0 Å². The first kappa shape index (κ1) is 11.7. The van der Waals surface area contributed by atoms with Crippen molar-refractivity contribution in [2.75, 3.05) is 4.72 Å². The monoisotopic (exact) mass is 274 g/mol. The van der Waals surface area contributed by atoms with E-state index in [4.69, 9.17) is 0 Å². The second-order valence-corrected chi connectivity index (χ2v) is 4.68. The van der Waals surface area contributed by atoms with Gasteiger partial charge in [-0.3, -0.25) is 9.71 Å². The molecule has 1 N–H and O–H groups in total. The summed E-state index contributed by atoms with van der Waals surface area (Å²) < 4.78 is 25.5. The Bertz CT molecular complexity index is 802. The zero-order valence-electron chi connectivity index (χ0n) is 9.72. The van der Waals surface area contributed by atoms with Crippen molar-refractivity contribution in [2.45, 2.75) is 0 Å². The number of fused-ring (bicyclic) bond motifs is 1. The van der Waals surface area contributed by atoms with Gasteiger partial charge in [0.2, 0.25) is 10.9 Å². The summed E-state index contributed by atoms with van der Waals surface area (Å²) in [5.41, 5.74) is 3.06. The lowest BCUT2D eigenvalue weighted by Gasteiger charge is -2.04. The Balaban J connectivity index is 2.04. The number of rotatable bonds is 3. The molecule has 0 amide bonds. The topological polar surface area (TPSA) is 76.4 Å². The average molecular weight is 274 g/mol.